The molecule has 102 valence electrons. The number of aromatic nitrogens is 1. The standard InChI is InChI=1S/C12H16N4O2S/c1-6(2)9(10(13)17)16-12(18)8-4-3-7(5-15-8)11(14)19/h3-6,9H,1-2H3,(H2,13,17)(H2,14,19)(H,16,18). The highest BCUT2D eigenvalue weighted by atomic mass is 32.1. The number of thiocarbonyl (C=S) groups is 1. The molecule has 0 aliphatic heterocycles. The molecule has 1 aromatic rings. The number of nitrogens with zero attached hydrogens (tertiary/aromatic N) is 1. The molecule has 1 heterocycles. The maximum atomic E-state index is 11.9. The van der Waals surface area contributed by atoms with E-state index in [9.17, 15) is 9.59 Å². The monoisotopic (exact) mass is 280 g/mol. The minimum Gasteiger partial charge on any atom is -0.389 e. The van der Waals surface area contributed by atoms with E-state index in [0.717, 1.165) is 0 Å². The number of nitrogens with two attached hydrogens (primary N) is 2. The summed E-state index contributed by atoms with van der Waals surface area (Å²) in [5.41, 5.74) is 11.4. The minimum absolute atomic E-state index is 0.0997. The summed E-state index contributed by atoms with van der Waals surface area (Å²) < 4.78 is 0. The van der Waals surface area contributed by atoms with Crippen molar-refractivity contribution in [1.82, 2.24) is 10.3 Å². The molecule has 0 saturated heterocycles. The first-order valence-corrected chi connectivity index (χ1v) is 6.09. The summed E-state index contributed by atoms with van der Waals surface area (Å²) in [4.78, 5) is 27.2. The molecule has 19 heavy (non-hydrogen) atoms. The third-order valence-electron chi connectivity index (χ3n) is 2.54. The lowest BCUT2D eigenvalue weighted by atomic mass is 10.0. The zero-order valence-electron chi connectivity index (χ0n) is 10.7. The number of amides is 2. The van der Waals surface area contributed by atoms with Crippen LogP contribution in [-0.4, -0.2) is 27.8 Å². The largest absolute Gasteiger partial charge is 0.389 e. The van der Waals surface area contributed by atoms with Crippen molar-refractivity contribution in [2.45, 2.75) is 19.9 Å². The van der Waals surface area contributed by atoms with Gasteiger partial charge in [0.2, 0.25) is 5.91 Å². The second kappa shape index (κ2) is 6.24. The fourth-order valence-electron chi connectivity index (χ4n) is 1.46. The van der Waals surface area contributed by atoms with Crippen LogP contribution >= 0.6 is 12.2 Å². The summed E-state index contributed by atoms with van der Waals surface area (Å²) in [5, 5.41) is 2.54. The van der Waals surface area contributed by atoms with Crippen LogP contribution in [0.5, 0.6) is 0 Å². The van der Waals surface area contributed by atoms with Crippen LogP contribution in [0, 0.1) is 5.92 Å². The topological polar surface area (TPSA) is 111 Å². The predicted octanol–water partition coefficient (Wildman–Crippen LogP) is -0.0445. The second-order valence-electron chi connectivity index (χ2n) is 4.39. The van der Waals surface area contributed by atoms with Crippen molar-refractivity contribution < 1.29 is 9.59 Å². The van der Waals surface area contributed by atoms with Crippen LogP contribution in [0.15, 0.2) is 18.3 Å². The van der Waals surface area contributed by atoms with E-state index in [2.05, 4.69) is 10.3 Å². The third-order valence-corrected chi connectivity index (χ3v) is 2.78. The van der Waals surface area contributed by atoms with Crippen LogP contribution in [-0.2, 0) is 4.79 Å². The molecule has 1 aromatic heterocycles. The van der Waals surface area contributed by atoms with Crippen LogP contribution < -0.4 is 16.8 Å². The number of rotatable bonds is 5. The molecule has 0 aliphatic rings. The van der Waals surface area contributed by atoms with Gasteiger partial charge in [0.15, 0.2) is 0 Å². The molecule has 0 saturated carbocycles. The Labute approximate surface area is 116 Å². The maximum Gasteiger partial charge on any atom is 0.270 e. The molecule has 5 N–H and O–H groups in total. The number of carbonyl (C=O) groups is 2. The normalized spacial score (nSPS) is 11.9. The first-order chi connectivity index (χ1) is 8.82. The lowest BCUT2D eigenvalue weighted by Gasteiger charge is -2.18. The van der Waals surface area contributed by atoms with Crippen LogP contribution in [0.4, 0.5) is 0 Å². The fourth-order valence-corrected chi connectivity index (χ4v) is 1.58. The average Bonchev–Trinajstić information content (AvgIpc) is 2.34. The predicted molar refractivity (Wildman–Crippen MR) is 75.4 cm³/mol. The highest BCUT2D eigenvalue weighted by Gasteiger charge is 2.22. The Balaban J connectivity index is 2.83. The van der Waals surface area contributed by atoms with Gasteiger partial charge in [-0.15, -0.1) is 0 Å². The van der Waals surface area contributed by atoms with Gasteiger partial charge in [-0.1, -0.05) is 26.1 Å². The summed E-state index contributed by atoms with van der Waals surface area (Å²) in [7, 11) is 0. The Kier molecular flexibility index (Phi) is 4.94. The van der Waals surface area contributed by atoms with E-state index in [0.29, 0.717) is 5.56 Å². The minimum atomic E-state index is -0.732. The fraction of sp³-hybridized carbons (Fsp3) is 0.333. The zero-order valence-corrected chi connectivity index (χ0v) is 11.5. The van der Waals surface area contributed by atoms with Crippen LogP contribution in [0.3, 0.4) is 0 Å². The van der Waals surface area contributed by atoms with Gasteiger partial charge >= 0.3 is 0 Å². The van der Waals surface area contributed by atoms with E-state index < -0.39 is 17.9 Å². The molecule has 2 amide bonds. The van der Waals surface area contributed by atoms with Gasteiger partial charge in [-0.2, -0.15) is 0 Å². The highest BCUT2D eigenvalue weighted by Crippen LogP contribution is 2.04. The van der Waals surface area contributed by atoms with Crippen LogP contribution in [0.2, 0.25) is 0 Å². The van der Waals surface area contributed by atoms with Crippen molar-refractivity contribution in [2.75, 3.05) is 0 Å². The van der Waals surface area contributed by atoms with Gasteiger partial charge in [-0.05, 0) is 18.1 Å². The summed E-state index contributed by atoms with van der Waals surface area (Å²) in [6, 6.07) is 2.35. The first kappa shape index (κ1) is 15.0. The SMILES string of the molecule is CC(C)C(NC(=O)c1ccc(C(N)=S)cn1)C(N)=O. The average molecular weight is 280 g/mol. The molecule has 1 unspecified atom stereocenters. The van der Waals surface area contributed by atoms with Crippen molar-refractivity contribution in [3.63, 3.8) is 0 Å². The first-order valence-electron chi connectivity index (χ1n) is 5.69. The Morgan fingerprint density at radius 2 is 1.95 bits per heavy atom. The number of nitrogens with one attached hydrogen (secondary N) is 1. The molecule has 0 bridgehead atoms. The summed E-state index contributed by atoms with van der Waals surface area (Å²) in [5.74, 6) is -1.15. The van der Waals surface area contributed by atoms with E-state index in [4.69, 9.17) is 23.7 Å². The van der Waals surface area contributed by atoms with Gasteiger partial charge in [-0.25, -0.2) is 0 Å². The zero-order chi connectivity index (χ0) is 14.6. The van der Waals surface area contributed by atoms with Crippen molar-refractivity contribution in [3.8, 4) is 0 Å². The van der Waals surface area contributed by atoms with Crippen LogP contribution in [0.25, 0.3) is 0 Å². The lowest BCUT2D eigenvalue weighted by Crippen LogP contribution is -2.47. The smallest absolute Gasteiger partial charge is 0.270 e. The van der Waals surface area contributed by atoms with Crippen molar-refractivity contribution in [2.24, 2.45) is 17.4 Å². The van der Waals surface area contributed by atoms with Crippen molar-refractivity contribution >= 4 is 29.0 Å². The Hall–Kier alpha value is -2.02. The Bertz CT molecular complexity index is 499. The number of hydrogen-bond acceptors (Lipinski definition) is 4. The van der Waals surface area contributed by atoms with Gasteiger partial charge in [0.1, 0.15) is 16.7 Å². The van der Waals surface area contributed by atoms with Gasteiger partial charge in [0, 0.05) is 11.8 Å². The van der Waals surface area contributed by atoms with E-state index in [1.165, 1.54) is 12.3 Å². The molecule has 0 spiro atoms. The number of pyridine rings is 1. The molecule has 1 atom stereocenters. The number of primary amides is 1. The van der Waals surface area contributed by atoms with E-state index in [1.54, 1.807) is 19.9 Å². The molecule has 0 fully saturated rings. The van der Waals surface area contributed by atoms with E-state index in [-0.39, 0.29) is 16.6 Å². The van der Waals surface area contributed by atoms with Crippen molar-refractivity contribution in [1.29, 1.82) is 0 Å². The Morgan fingerprint density at radius 1 is 1.32 bits per heavy atom. The molecule has 0 aliphatic carbocycles. The number of hydrogen-bond donors (Lipinski definition) is 3. The van der Waals surface area contributed by atoms with Gasteiger partial charge in [0.25, 0.3) is 5.91 Å². The molecule has 1 rings (SSSR count). The van der Waals surface area contributed by atoms with E-state index >= 15 is 0 Å². The highest BCUT2D eigenvalue weighted by molar-refractivity contribution is 7.80. The summed E-state index contributed by atoms with van der Waals surface area (Å²) >= 11 is 4.79. The molecular weight excluding hydrogens is 264 g/mol. The molecule has 0 radical (unpaired) electrons. The number of carbonyl (C=O) groups excluding carboxylic acids is 2. The van der Waals surface area contributed by atoms with E-state index in [1.807, 2.05) is 0 Å². The molecule has 0 aromatic carbocycles. The molecule has 7 heteroatoms. The summed E-state index contributed by atoms with van der Waals surface area (Å²) in [6.45, 7) is 3.58. The molecular formula is C12H16N4O2S. The van der Waals surface area contributed by atoms with Gasteiger partial charge < -0.3 is 16.8 Å². The van der Waals surface area contributed by atoms with Crippen LogP contribution in [0.1, 0.15) is 29.9 Å². The third kappa shape index (κ3) is 3.99. The summed E-state index contributed by atoms with van der Waals surface area (Å²) in [6.07, 6.45) is 1.41. The molecule has 6 nitrogen and oxygen atoms in total. The maximum absolute atomic E-state index is 11.9. The Morgan fingerprint density at radius 3 is 2.32 bits per heavy atom. The quantitative estimate of drug-likeness (QED) is 0.655. The van der Waals surface area contributed by atoms with Gasteiger partial charge in [-0.3, -0.25) is 14.6 Å². The van der Waals surface area contributed by atoms with Gasteiger partial charge in [0.05, 0.1) is 0 Å². The lowest BCUT2D eigenvalue weighted by molar-refractivity contribution is -0.120. The van der Waals surface area contributed by atoms with Crippen molar-refractivity contribution in [3.05, 3.63) is 29.6 Å². The second-order valence-corrected chi connectivity index (χ2v) is 4.83.